The molecule has 0 spiro atoms. The minimum absolute atomic E-state index is 0.518. The van der Waals surface area contributed by atoms with E-state index in [-0.39, 0.29) is 0 Å². The number of hydrogen-bond donors (Lipinski definition) is 2. The number of rotatable bonds is 5. The molecule has 1 rings (SSSR count). The number of nitrogens with zero attached hydrogens (tertiary/aromatic N) is 2. The van der Waals surface area contributed by atoms with Gasteiger partial charge in [-0.1, -0.05) is 12.2 Å². The summed E-state index contributed by atoms with van der Waals surface area (Å²) in [5.74, 6) is -0.747. The van der Waals surface area contributed by atoms with Gasteiger partial charge in [0.2, 0.25) is 0 Å². The minimum atomic E-state index is -0.747. The van der Waals surface area contributed by atoms with Gasteiger partial charge in [0.05, 0.1) is 10.4 Å². The lowest BCUT2D eigenvalue weighted by molar-refractivity contribution is -0.148. The van der Waals surface area contributed by atoms with Crippen LogP contribution >= 0.6 is 12.2 Å². The number of nitrogens with two attached hydrogens (primary N) is 1. The van der Waals surface area contributed by atoms with Crippen LogP contribution in [0.3, 0.4) is 0 Å². The van der Waals surface area contributed by atoms with Crippen LogP contribution in [-0.2, 0) is 4.79 Å². The third-order valence-electron chi connectivity index (χ3n) is 3.04. The molecule has 3 N–H and O–H groups in total. The van der Waals surface area contributed by atoms with Gasteiger partial charge in [0.1, 0.15) is 0 Å². The third kappa shape index (κ3) is 4.57. The van der Waals surface area contributed by atoms with E-state index >= 15 is 0 Å². The fraction of sp³-hybridized carbons (Fsp3) is 0.818. The van der Waals surface area contributed by atoms with Gasteiger partial charge < -0.3 is 10.8 Å². The van der Waals surface area contributed by atoms with Gasteiger partial charge in [-0.15, -0.1) is 0 Å². The standard InChI is InChI=1S/C11H21N3O2S/c1-11(2,10(15)16)8-14-5-3-13(4-6-14)7-9(12)17/h3-8H2,1-2H3,(H2,12,17)(H,15,16). The molecular formula is C11H21N3O2S. The van der Waals surface area contributed by atoms with Crippen molar-refractivity contribution < 1.29 is 9.90 Å². The first-order valence-corrected chi connectivity index (χ1v) is 6.18. The Kier molecular flexibility index (Phi) is 4.85. The first-order valence-electron chi connectivity index (χ1n) is 5.78. The Hall–Kier alpha value is -0.720. The highest BCUT2D eigenvalue weighted by molar-refractivity contribution is 7.80. The molecule has 0 atom stereocenters. The predicted octanol–water partition coefficient (Wildman–Crippen LogP) is 0.000900. The number of hydrogen-bond acceptors (Lipinski definition) is 4. The van der Waals surface area contributed by atoms with Gasteiger partial charge in [-0.2, -0.15) is 0 Å². The zero-order chi connectivity index (χ0) is 13.1. The van der Waals surface area contributed by atoms with E-state index in [1.54, 1.807) is 13.8 Å². The average Bonchev–Trinajstić information content (AvgIpc) is 2.19. The van der Waals surface area contributed by atoms with Crippen molar-refractivity contribution in [2.75, 3.05) is 39.3 Å². The lowest BCUT2D eigenvalue weighted by Gasteiger charge is -2.37. The molecule has 0 amide bonds. The van der Waals surface area contributed by atoms with Gasteiger partial charge in [-0.25, -0.2) is 0 Å². The maximum atomic E-state index is 11.0. The number of carboxylic acid groups (broad SMARTS) is 1. The normalized spacial score (nSPS) is 19.2. The van der Waals surface area contributed by atoms with Crippen molar-refractivity contribution in [3.8, 4) is 0 Å². The van der Waals surface area contributed by atoms with Crippen molar-refractivity contribution in [1.82, 2.24) is 9.80 Å². The Balaban J connectivity index is 2.37. The Morgan fingerprint density at radius 2 is 1.76 bits per heavy atom. The molecule has 1 aliphatic rings. The van der Waals surface area contributed by atoms with Crippen LogP contribution in [0.15, 0.2) is 0 Å². The molecule has 0 bridgehead atoms. The number of carbonyl (C=O) groups is 1. The van der Waals surface area contributed by atoms with Gasteiger partial charge in [-0.3, -0.25) is 14.6 Å². The van der Waals surface area contributed by atoms with E-state index in [2.05, 4.69) is 9.80 Å². The highest BCUT2D eigenvalue weighted by atomic mass is 32.1. The van der Waals surface area contributed by atoms with Crippen molar-refractivity contribution in [2.45, 2.75) is 13.8 Å². The molecule has 1 aliphatic heterocycles. The maximum absolute atomic E-state index is 11.0. The maximum Gasteiger partial charge on any atom is 0.310 e. The lowest BCUT2D eigenvalue weighted by atomic mass is 9.93. The second-order valence-electron chi connectivity index (χ2n) is 5.21. The van der Waals surface area contributed by atoms with Crippen molar-refractivity contribution in [3.05, 3.63) is 0 Å². The summed E-state index contributed by atoms with van der Waals surface area (Å²) in [6.07, 6.45) is 0. The minimum Gasteiger partial charge on any atom is -0.481 e. The van der Waals surface area contributed by atoms with E-state index in [4.69, 9.17) is 23.1 Å². The monoisotopic (exact) mass is 259 g/mol. The quantitative estimate of drug-likeness (QED) is 0.677. The molecule has 0 radical (unpaired) electrons. The van der Waals surface area contributed by atoms with Crippen LogP contribution in [0.4, 0.5) is 0 Å². The first-order chi connectivity index (χ1) is 7.81. The van der Waals surface area contributed by atoms with E-state index in [1.807, 2.05) is 0 Å². The summed E-state index contributed by atoms with van der Waals surface area (Å²) in [7, 11) is 0. The summed E-state index contributed by atoms with van der Waals surface area (Å²) in [4.78, 5) is 15.9. The van der Waals surface area contributed by atoms with Gasteiger partial charge in [0.25, 0.3) is 0 Å². The van der Waals surface area contributed by atoms with Crippen LogP contribution in [0.1, 0.15) is 13.8 Å². The second kappa shape index (κ2) is 5.75. The largest absolute Gasteiger partial charge is 0.481 e. The molecule has 0 saturated carbocycles. The number of aliphatic carboxylic acids is 1. The molecule has 0 aromatic rings. The number of thiocarbonyl (C=S) groups is 1. The molecule has 1 saturated heterocycles. The average molecular weight is 259 g/mol. The molecular weight excluding hydrogens is 238 g/mol. The van der Waals surface area contributed by atoms with Gasteiger partial charge >= 0.3 is 5.97 Å². The molecule has 1 heterocycles. The fourth-order valence-corrected chi connectivity index (χ4v) is 2.14. The topological polar surface area (TPSA) is 69.8 Å². The zero-order valence-corrected chi connectivity index (χ0v) is 11.3. The lowest BCUT2D eigenvalue weighted by Crippen LogP contribution is -2.51. The summed E-state index contributed by atoms with van der Waals surface area (Å²) in [5, 5.41) is 9.07. The molecule has 5 nitrogen and oxygen atoms in total. The van der Waals surface area contributed by atoms with Crippen molar-refractivity contribution >= 4 is 23.2 Å². The van der Waals surface area contributed by atoms with E-state index < -0.39 is 11.4 Å². The van der Waals surface area contributed by atoms with E-state index in [0.29, 0.717) is 18.1 Å². The SMILES string of the molecule is CC(C)(CN1CCN(CC(N)=S)CC1)C(=O)O. The Morgan fingerprint density at radius 3 is 2.18 bits per heavy atom. The summed E-state index contributed by atoms with van der Waals surface area (Å²) in [6, 6.07) is 0. The van der Waals surface area contributed by atoms with E-state index in [1.165, 1.54) is 0 Å². The Labute approximate surface area is 108 Å². The third-order valence-corrected chi connectivity index (χ3v) is 3.17. The molecule has 0 aromatic heterocycles. The van der Waals surface area contributed by atoms with Gasteiger partial charge in [-0.05, 0) is 13.8 Å². The summed E-state index contributed by atoms with van der Waals surface area (Å²) >= 11 is 4.87. The molecule has 1 fully saturated rings. The van der Waals surface area contributed by atoms with Crippen LogP contribution < -0.4 is 5.73 Å². The van der Waals surface area contributed by atoms with Crippen LogP contribution in [0, 0.1) is 5.41 Å². The number of piperazine rings is 1. The summed E-state index contributed by atoms with van der Waals surface area (Å²) in [6.45, 7) is 8.31. The molecule has 6 heteroatoms. The Bertz CT molecular complexity index is 299. The van der Waals surface area contributed by atoms with Crippen molar-refractivity contribution in [2.24, 2.45) is 11.1 Å². The molecule has 98 valence electrons. The molecule has 0 aliphatic carbocycles. The summed E-state index contributed by atoms with van der Waals surface area (Å²) < 4.78 is 0. The second-order valence-corrected chi connectivity index (χ2v) is 5.73. The zero-order valence-electron chi connectivity index (χ0n) is 10.5. The molecule has 17 heavy (non-hydrogen) atoms. The molecule has 0 aromatic carbocycles. The van der Waals surface area contributed by atoms with Crippen LogP contribution in [0.2, 0.25) is 0 Å². The summed E-state index contributed by atoms with van der Waals surface area (Å²) in [5.41, 5.74) is 4.81. The van der Waals surface area contributed by atoms with E-state index in [0.717, 1.165) is 26.2 Å². The molecule has 0 unspecified atom stereocenters. The predicted molar refractivity (Wildman–Crippen MR) is 71.1 cm³/mol. The van der Waals surface area contributed by atoms with E-state index in [9.17, 15) is 4.79 Å². The van der Waals surface area contributed by atoms with Crippen LogP contribution in [0.5, 0.6) is 0 Å². The van der Waals surface area contributed by atoms with Crippen molar-refractivity contribution in [1.29, 1.82) is 0 Å². The highest BCUT2D eigenvalue weighted by Crippen LogP contribution is 2.18. The highest BCUT2D eigenvalue weighted by Gasteiger charge is 2.31. The van der Waals surface area contributed by atoms with Gasteiger partial charge in [0.15, 0.2) is 0 Å². The Morgan fingerprint density at radius 1 is 1.29 bits per heavy atom. The number of carboxylic acids is 1. The van der Waals surface area contributed by atoms with Crippen molar-refractivity contribution in [3.63, 3.8) is 0 Å². The van der Waals surface area contributed by atoms with Crippen LogP contribution in [0.25, 0.3) is 0 Å². The first kappa shape index (κ1) is 14.3. The van der Waals surface area contributed by atoms with Crippen LogP contribution in [-0.4, -0.2) is 65.1 Å². The fourth-order valence-electron chi connectivity index (χ4n) is 1.95. The smallest absolute Gasteiger partial charge is 0.310 e. The van der Waals surface area contributed by atoms with Gasteiger partial charge in [0, 0.05) is 39.3 Å².